The van der Waals surface area contributed by atoms with Crippen LogP contribution in [-0.4, -0.2) is 43.2 Å². The van der Waals surface area contributed by atoms with Gasteiger partial charge in [0.25, 0.3) is 0 Å². The van der Waals surface area contributed by atoms with Gasteiger partial charge < -0.3 is 18.9 Å². The summed E-state index contributed by atoms with van der Waals surface area (Å²) >= 11 is 2.00. The van der Waals surface area contributed by atoms with Gasteiger partial charge in [0.1, 0.15) is 0 Å². The summed E-state index contributed by atoms with van der Waals surface area (Å²) < 4.78 is 121. The van der Waals surface area contributed by atoms with E-state index in [4.69, 9.17) is 18.9 Å². The Hall–Kier alpha value is -3.32. The summed E-state index contributed by atoms with van der Waals surface area (Å²) in [6.07, 6.45) is 6.73. The maximum absolute atomic E-state index is 16.4. The summed E-state index contributed by atoms with van der Waals surface area (Å²) in [5.41, 5.74) is -1.78. The second-order valence-corrected chi connectivity index (χ2v) is 15.9. The predicted molar refractivity (Wildman–Crippen MR) is 191 cm³/mol. The van der Waals surface area contributed by atoms with E-state index < -0.39 is 46.3 Å². The largest absolute Gasteiger partial charge is 0.480 e. The summed E-state index contributed by atoms with van der Waals surface area (Å²) in [4.78, 5) is 0.860. The van der Waals surface area contributed by atoms with Crippen LogP contribution in [0.4, 0.5) is 26.3 Å². The van der Waals surface area contributed by atoms with Gasteiger partial charge in [0.15, 0.2) is 16.4 Å². The van der Waals surface area contributed by atoms with Crippen LogP contribution < -0.4 is 9.47 Å². The first-order chi connectivity index (χ1) is 25.0. The Balaban J connectivity index is 1.31. The SMILES string of the molecule is FC1(F)C(c2cc(-c3ccccc3)sc2OC2CCCCC2)=C(c2cc(-c3ccc(C4OCCO4)cc3)sc2OC2CCCCC2)C(F)(F)C1(F)F. The van der Waals surface area contributed by atoms with Crippen LogP contribution in [0.3, 0.4) is 0 Å². The van der Waals surface area contributed by atoms with Crippen molar-refractivity contribution >= 4 is 33.8 Å². The van der Waals surface area contributed by atoms with E-state index in [2.05, 4.69) is 0 Å². The van der Waals surface area contributed by atoms with Gasteiger partial charge in [-0.25, -0.2) is 0 Å². The number of rotatable bonds is 9. The number of alkyl halides is 6. The first-order valence-electron chi connectivity index (χ1n) is 17.9. The molecule has 3 heterocycles. The van der Waals surface area contributed by atoms with Crippen molar-refractivity contribution in [2.24, 2.45) is 0 Å². The highest BCUT2D eigenvalue weighted by atomic mass is 32.1. The maximum Gasteiger partial charge on any atom is 0.380 e. The van der Waals surface area contributed by atoms with Gasteiger partial charge in [0, 0.05) is 37.6 Å². The van der Waals surface area contributed by atoms with Crippen LogP contribution in [0.15, 0.2) is 66.7 Å². The molecule has 0 bridgehead atoms. The number of halogens is 6. The first kappa shape index (κ1) is 35.7. The number of thiophene rings is 2. The molecular weight excluding hydrogens is 723 g/mol. The Bertz CT molecular complexity index is 1900. The predicted octanol–water partition coefficient (Wildman–Crippen LogP) is 12.4. The monoisotopic (exact) mass is 760 g/mol. The van der Waals surface area contributed by atoms with Crippen molar-refractivity contribution < 1.29 is 45.3 Å². The van der Waals surface area contributed by atoms with Crippen molar-refractivity contribution in [2.45, 2.75) is 100 Å². The van der Waals surface area contributed by atoms with Crippen molar-refractivity contribution in [2.75, 3.05) is 13.2 Å². The zero-order valence-corrected chi connectivity index (χ0v) is 29.9. The third-order valence-electron chi connectivity index (χ3n) is 10.4. The van der Waals surface area contributed by atoms with E-state index in [1.807, 2.05) is 0 Å². The van der Waals surface area contributed by atoms with Crippen molar-refractivity contribution in [3.05, 3.63) is 83.4 Å². The van der Waals surface area contributed by atoms with Crippen molar-refractivity contribution in [3.8, 4) is 31.0 Å². The summed E-state index contributed by atoms with van der Waals surface area (Å²) in [6.45, 7) is 0.905. The molecule has 3 aliphatic carbocycles. The van der Waals surface area contributed by atoms with Gasteiger partial charge in [-0.2, -0.15) is 26.3 Å². The molecule has 1 aliphatic heterocycles. The molecule has 2 saturated carbocycles. The molecule has 0 radical (unpaired) electrons. The third kappa shape index (κ3) is 6.37. The maximum atomic E-state index is 16.4. The van der Waals surface area contributed by atoms with Crippen LogP contribution >= 0.6 is 22.7 Å². The van der Waals surface area contributed by atoms with Gasteiger partial charge in [-0.3, -0.25) is 0 Å². The molecule has 3 fully saturated rings. The van der Waals surface area contributed by atoms with Crippen molar-refractivity contribution in [3.63, 3.8) is 0 Å². The fourth-order valence-electron chi connectivity index (χ4n) is 7.62. The molecule has 276 valence electrons. The highest BCUT2D eigenvalue weighted by Gasteiger charge is 2.80. The number of hydrogen-bond donors (Lipinski definition) is 0. The molecule has 4 aliphatic rings. The van der Waals surface area contributed by atoms with Gasteiger partial charge in [-0.15, -0.1) is 0 Å². The first-order valence-corrected chi connectivity index (χ1v) is 19.6. The lowest BCUT2D eigenvalue weighted by Crippen LogP contribution is -2.48. The molecule has 0 atom stereocenters. The molecule has 52 heavy (non-hydrogen) atoms. The normalized spacial score (nSPS) is 22.3. The van der Waals surface area contributed by atoms with Gasteiger partial charge in [0.05, 0.1) is 25.4 Å². The second-order valence-electron chi connectivity index (χ2n) is 13.9. The molecule has 2 aromatic carbocycles. The number of allylic oxidation sites excluding steroid dienone is 2. The molecule has 4 aromatic rings. The average molecular weight is 761 g/mol. The highest BCUT2D eigenvalue weighted by molar-refractivity contribution is 7.18. The van der Waals surface area contributed by atoms with E-state index >= 15 is 26.3 Å². The molecule has 4 nitrogen and oxygen atoms in total. The summed E-state index contributed by atoms with van der Waals surface area (Å²) in [7, 11) is 0. The summed E-state index contributed by atoms with van der Waals surface area (Å²) in [5.74, 6) is -16.2. The molecule has 12 heteroatoms. The van der Waals surface area contributed by atoms with E-state index in [1.54, 1.807) is 54.6 Å². The molecule has 0 unspecified atom stereocenters. The fourth-order valence-corrected chi connectivity index (χ4v) is 9.79. The minimum Gasteiger partial charge on any atom is -0.480 e. The molecule has 0 N–H and O–H groups in total. The quantitative estimate of drug-likeness (QED) is 0.159. The van der Waals surface area contributed by atoms with E-state index in [0.717, 1.165) is 66.8 Å². The standard InChI is InChI=1S/C40H38F6O4S2/c41-38(42)33(29-22-31(24-10-4-1-5-11-24)51-36(29)49-27-12-6-2-7-13-27)34(39(43,44)40(38,45)46)30-23-32(52-37(30)50-28-14-8-3-9-15-28)25-16-18-26(19-17-25)35-47-20-21-48-35/h1,4-5,10-11,16-19,22-23,27-28,35H,2-3,6-9,12-15,20-21H2. The Morgan fingerprint density at radius 3 is 1.46 bits per heavy atom. The summed E-state index contributed by atoms with van der Waals surface area (Å²) in [5, 5.41) is -0.147. The zero-order valence-electron chi connectivity index (χ0n) is 28.3. The van der Waals surface area contributed by atoms with E-state index in [-0.39, 0.29) is 22.3 Å². The van der Waals surface area contributed by atoms with Gasteiger partial charge in [-0.05, 0) is 74.6 Å². The van der Waals surface area contributed by atoms with Crippen LogP contribution in [-0.2, 0) is 9.47 Å². The Morgan fingerprint density at radius 2 is 1.00 bits per heavy atom. The highest BCUT2D eigenvalue weighted by Crippen LogP contribution is 2.67. The van der Waals surface area contributed by atoms with E-state index in [1.165, 1.54) is 12.1 Å². The Kier molecular flexibility index (Phi) is 9.72. The summed E-state index contributed by atoms with van der Waals surface area (Å²) in [6, 6.07) is 18.4. The third-order valence-corrected chi connectivity index (χ3v) is 12.6. The molecule has 2 aromatic heterocycles. The lowest BCUT2D eigenvalue weighted by Gasteiger charge is -2.26. The molecule has 8 rings (SSSR count). The average Bonchev–Trinajstić information content (AvgIpc) is 3.94. The van der Waals surface area contributed by atoms with Crippen LogP contribution in [0.1, 0.15) is 87.2 Å². The molecule has 0 spiro atoms. The van der Waals surface area contributed by atoms with E-state index in [9.17, 15) is 0 Å². The Labute approximate surface area is 306 Å². The van der Waals surface area contributed by atoms with Crippen LogP contribution in [0.2, 0.25) is 0 Å². The fraction of sp³-hybridized carbons (Fsp3) is 0.450. The minimum atomic E-state index is -5.73. The second kappa shape index (κ2) is 14.2. The Morgan fingerprint density at radius 1 is 0.558 bits per heavy atom. The minimum absolute atomic E-state index is 0.0661. The number of hydrogen-bond acceptors (Lipinski definition) is 6. The van der Waals surface area contributed by atoms with Gasteiger partial charge in [-0.1, -0.05) is 90.1 Å². The lowest BCUT2D eigenvalue weighted by atomic mass is 9.95. The zero-order chi connectivity index (χ0) is 36.1. The van der Waals surface area contributed by atoms with Crippen LogP contribution in [0, 0.1) is 0 Å². The van der Waals surface area contributed by atoms with Crippen LogP contribution in [0.5, 0.6) is 10.1 Å². The van der Waals surface area contributed by atoms with Gasteiger partial charge >= 0.3 is 17.8 Å². The van der Waals surface area contributed by atoms with E-state index in [0.29, 0.717) is 59.8 Å². The van der Waals surface area contributed by atoms with Gasteiger partial charge in [0.2, 0.25) is 0 Å². The number of ether oxygens (including phenoxy) is 4. The number of benzene rings is 2. The molecular formula is C40H38F6O4S2. The lowest BCUT2D eigenvalue weighted by molar-refractivity contribution is -0.254. The van der Waals surface area contributed by atoms with Crippen LogP contribution in [0.25, 0.3) is 32.0 Å². The smallest absolute Gasteiger partial charge is 0.380 e. The molecule has 1 saturated heterocycles. The molecule has 0 amide bonds. The topological polar surface area (TPSA) is 36.9 Å². The van der Waals surface area contributed by atoms with Crippen molar-refractivity contribution in [1.29, 1.82) is 0 Å². The van der Waals surface area contributed by atoms with Crippen molar-refractivity contribution in [1.82, 2.24) is 0 Å².